The summed E-state index contributed by atoms with van der Waals surface area (Å²) in [5, 5.41) is 7.02. The first-order valence-electron chi connectivity index (χ1n) is 6.79. The van der Waals surface area contributed by atoms with E-state index in [9.17, 15) is 4.79 Å². The van der Waals surface area contributed by atoms with Crippen molar-refractivity contribution >= 4 is 5.91 Å². The molecule has 0 aromatic carbocycles. The highest BCUT2D eigenvalue weighted by atomic mass is 16.5. The maximum Gasteiger partial charge on any atom is 0.287 e. The van der Waals surface area contributed by atoms with Crippen LogP contribution in [0.1, 0.15) is 53.7 Å². The van der Waals surface area contributed by atoms with Crippen LogP contribution in [0.5, 0.6) is 0 Å². The summed E-state index contributed by atoms with van der Waals surface area (Å²) in [5.74, 6) is 1.86. The molecule has 0 aliphatic heterocycles. The molecule has 6 nitrogen and oxygen atoms in total. The maximum atomic E-state index is 12.3. The van der Waals surface area contributed by atoms with Crippen molar-refractivity contribution < 1.29 is 13.7 Å². The molecule has 1 fully saturated rings. The van der Waals surface area contributed by atoms with Crippen molar-refractivity contribution in [3.8, 4) is 0 Å². The highest BCUT2D eigenvalue weighted by Gasteiger charge is 2.41. The summed E-state index contributed by atoms with van der Waals surface area (Å²) in [5.41, 5.74) is -0.532. The van der Waals surface area contributed by atoms with Crippen molar-refractivity contribution in [3.63, 3.8) is 0 Å². The molecule has 0 radical (unpaired) electrons. The summed E-state index contributed by atoms with van der Waals surface area (Å²) in [6, 6.07) is 3.45. The van der Waals surface area contributed by atoms with Crippen LogP contribution in [0.15, 0.2) is 21.1 Å². The Kier molecular flexibility index (Phi) is 3.08. The fourth-order valence-electron chi connectivity index (χ4n) is 2.71. The van der Waals surface area contributed by atoms with Crippen LogP contribution in [-0.4, -0.2) is 16.0 Å². The van der Waals surface area contributed by atoms with Gasteiger partial charge in [-0.3, -0.25) is 4.79 Å². The summed E-state index contributed by atoms with van der Waals surface area (Å²) in [6.45, 7) is 3.56. The second kappa shape index (κ2) is 4.77. The molecule has 2 aromatic rings. The number of furan rings is 1. The molecule has 1 aliphatic carbocycles. The fourth-order valence-corrected chi connectivity index (χ4v) is 2.71. The molecular formula is C14H17N3O3. The summed E-state index contributed by atoms with van der Waals surface area (Å²) in [4.78, 5) is 16.6. The maximum absolute atomic E-state index is 12.3. The molecule has 3 rings (SSSR count). The van der Waals surface area contributed by atoms with Gasteiger partial charge in [0.2, 0.25) is 5.89 Å². The van der Waals surface area contributed by atoms with Gasteiger partial charge in [0.05, 0.1) is 0 Å². The summed E-state index contributed by atoms with van der Waals surface area (Å²) in [7, 11) is 0. The monoisotopic (exact) mass is 275 g/mol. The van der Waals surface area contributed by atoms with Gasteiger partial charge in [0.25, 0.3) is 5.91 Å². The zero-order valence-corrected chi connectivity index (χ0v) is 11.6. The number of hydrogen-bond donors (Lipinski definition) is 1. The van der Waals surface area contributed by atoms with Crippen LogP contribution < -0.4 is 5.32 Å². The highest BCUT2D eigenvalue weighted by molar-refractivity contribution is 5.92. The second-order valence-electron chi connectivity index (χ2n) is 5.29. The molecule has 0 atom stereocenters. The first kappa shape index (κ1) is 12.9. The van der Waals surface area contributed by atoms with Crippen LogP contribution >= 0.6 is 0 Å². The zero-order chi connectivity index (χ0) is 14.2. The number of aromatic nitrogens is 2. The SMILES string of the molecule is Cc1ccc(C(=O)NC2(c3noc(C)n3)CCCC2)o1. The van der Waals surface area contributed by atoms with E-state index in [0.717, 1.165) is 25.7 Å². The lowest BCUT2D eigenvalue weighted by molar-refractivity contribution is 0.0862. The van der Waals surface area contributed by atoms with Crippen molar-refractivity contribution in [2.24, 2.45) is 0 Å². The Bertz CT molecular complexity index is 623. The normalized spacial score (nSPS) is 17.3. The van der Waals surface area contributed by atoms with E-state index in [1.54, 1.807) is 19.1 Å². The third kappa shape index (κ3) is 2.21. The van der Waals surface area contributed by atoms with Crippen LogP contribution in [0, 0.1) is 13.8 Å². The van der Waals surface area contributed by atoms with Gasteiger partial charge in [-0.1, -0.05) is 18.0 Å². The molecule has 0 unspecified atom stereocenters. The van der Waals surface area contributed by atoms with Crippen molar-refractivity contribution in [2.45, 2.75) is 45.1 Å². The lowest BCUT2D eigenvalue weighted by atomic mass is 9.96. The highest BCUT2D eigenvalue weighted by Crippen LogP contribution is 2.37. The predicted molar refractivity (Wildman–Crippen MR) is 70.1 cm³/mol. The smallest absolute Gasteiger partial charge is 0.287 e. The lowest BCUT2D eigenvalue weighted by Crippen LogP contribution is -2.44. The van der Waals surface area contributed by atoms with Gasteiger partial charge in [-0.25, -0.2) is 0 Å². The molecule has 2 aromatic heterocycles. The Hall–Kier alpha value is -2.11. The molecule has 6 heteroatoms. The van der Waals surface area contributed by atoms with Gasteiger partial charge in [0, 0.05) is 6.92 Å². The van der Waals surface area contributed by atoms with E-state index in [2.05, 4.69) is 15.5 Å². The second-order valence-corrected chi connectivity index (χ2v) is 5.29. The van der Waals surface area contributed by atoms with Gasteiger partial charge in [0.15, 0.2) is 11.6 Å². The summed E-state index contributed by atoms with van der Waals surface area (Å²) in [6.07, 6.45) is 3.70. The fraction of sp³-hybridized carbons (Fsp3) is 0.500. The number of hydrogen-bond acceptors (Lipinski definition) is 5. The number of carbonyl (C=O) groups is 1. The predicted octanol–water partition coefficient (Wildman–Crippen LogP) is 2.48. The van der Waals surface area contributed by atoms with Gasteiger partial charge < -0.3 is 14.3 Å². The van der Waals surface area contributed by atoms with Crippen LogP contribution in [0.2, 0.25) is 0 Å². The van der Waals surface area contributed by atoms with E-state index in [0.29, 0.717) is 23.2 Å². The average molecular weight is 275 g/mol. The minimum atomic E-state index is -0.532. The quantitative estimate of drug-likeness (QED) is 0.930. The first-order chi connectivity index (χ1) is 9.59. The molecule has 1 aliphatic rings. The third-order valence-corrected chi connectivity index (χ3v) is 3.73. The molecule has 0 saturated heterocycles. The standard InChI is InChI=1S/C14H17N3O3/c1-9-5-6-11(19-9)12(18)16-14(7-3-4-8-14)13-15-10(2)20-17-13/h5-6H,3-4,7-8H2,1-2H3,(H,16,18). The number of carbonyl (C=O) groups excluding carboxylic acids is 1. The molecule has 106 valence electrons. The summed E-state index contributed by atoms with van der Waals surface area (Å²) >= 11 is 0. The Labute approximate surface area is 116 Å². The number of rotatable bonds is 3. The van der Waals surface area contributed by atoms with Crippen molar-refractivity contribution in [1.29, 1.82) is 0 Å². The van der Waals surface area contributed by atoms with E-state index in [-0.39, 0.29) is 5.91 Å². The number of amides is 1. The van der Waals surface area contributed by atoms with E-state index >= 15 is 0 Å². The van der Waals surface area contributed by atoms with Crippen molar-refractivity contribution in [3.05, 3.63) is 35.4 Å². The van der Waals surface area contributed by atoms with Crippen molar-refractivity contribution in [1.82, 2.24) is 15.5 Å². The molecule has 1 saturated carbocycles. The Morgan fingerprint density at radius 2 is 2.05 bits per heavy atom. The molecule has 0 spiro atoms. The Balaban J connectivity index is 1.86. The van der Waals surface area contributed by atoms with Gasteiger partial charge in [-0.05, 0) is 31.9 Å². The average Bonchev–Trinajstić information content (AvgIpc) is 3.10. The molecule has 0 bridgehead atoms. The van der Waals surface area contributed by atoms with Crippen LogP contribution in [0.25, 0.3) is 0 Å². The van der Waals surface area contributed by atoms with Gasteiger partial charge >= 0.3 is 0 Å². The number of aryl methyl sites for hydroxylation is 2. The lowest BCUT2D eigenvalue weighted by Gasteiger charge is -2.26. The van der Waals surface area contributed by atoms with Crippen LogP contribution in [-0.2, 0) is 5.54 Å². The Morgan fingerprint density at radius 3 is 2.60 bits per heavy atom. The molecule has 2 heterocycles. The van der Waals surface area contributed by atoms with Crippen LogP contribution in [0.4, 0.5) is 0 Å². The molecule has 1 N–H and O–H groups in total. The van der Waals surface area contributed by atoms with E-state index in [1.807, 2.05) is 6.92 Å². The third-order valence-electron chi connectivity index (χ3n) is 3.73. The minimum absolute atomic E-state index is 0.234. The van der Waals surface area contributed by atoms with Gasteiger partial charge in [0.1, 0.15) is 11.3 Å². The zero-order valence-electron chi connectivity index (χ0n) is 11.6. The van der Waals surface area contributed by atoms with Crippen LogP contribution in [0.3, 0.4) is 0 Å². The van der Waals surface area contributed by atoms with Gasteiger partial charge in [-0.2, -0.15) is 4.98 Å². The first-order valence-corrected chi connectivity index (χ1v) is 6.79. The van der Waals surface area contributed by atoms with Gasteiger partial charge in [-0.15, -0.1) is 0 Å². The van der Waals surface area contributed by atoms with Crippen molar-refractivity contribution in [2.75, 3.05) is 0 Å². The Morgan fingerprint density at radius 1 is 1.30 bits per heavy atom. The topological polar surface area (TPSA) is 81.2 Å². The van der Waals surface area contributed by atoms with E-state index < -0.39 is 5.54 Å². The number of nitrogens with zero attached hydrogens (tertiary/aromatic N) is 2. The summed E-state index contributed by atoms with van der Waals surface area (Å²) < 4.78 is 10.4. The van der Waals surface area contributed by atoms with E-state index in [1.165, 1.54) is 0 Å². The molecular weight excluding hydrogens is 258 g/mol. The van der Waals surface area contributed by atoms with E-state index in [4.69, 9.17) is 8.94 Å². The largest absolute Gasteiger partial charge is 0.456 e. The molecule has 1 amide bonds. The number of nitrogens with one attached hydrogen (secondary N) is 1. The minimum Gasteiger partial charge on any atom is -0.456 e. The molecule has 20 heavy (non-hydrogen) atoms.